The van der Waals surface area contributed by atoms with Crippen LogP contribution in [0.25, 0.3) is 0 Å². The molecule has 0 aliphatic carbocycles. The molecule has 0 aromatic heterocycles. The van der Waals surface area contributed by atoms with E-state index in [0.29, 0.717) is 21.4 Å². The molecule has 2 rings (SSSR count). The van der Waals surface area contributed by atoms with Crippen LogP contribution < -0.4 is 10.1 Å². The minimum absolute atomic E-state index is 0.00340. The van der Waals surface area contributed by atoms with Crippen molar-refractivity contribution in [2.75, 3.05) is 7.11 Å². The van der Waals surface area contributed by atoms with Crippen LogP contribution in [0.4, 0.5) is 0 Å². The number of hydrogen-bond acceptors (Lipinski definition) is 3. The van der Waals surface area contributed by atoms with E-state index in [0.717, 1.165) is 12.0 Å². The number of carbonyl (C=O) groups is 2. The summed E-state index contributed by atoms with van der Waals surface area (Å²) in [6, 6.07) is 11.9. The normalized spacial score (nSPS) is 12.7. The van der Waals surface area contributed by atoms with Crippen LogP contribution >= 0.6 is 23.2 Å². The summed E-state index contributed by atoms with van der Waals surface area (Å²) in [7, 11) is 1.59. The predicted molar refractivity (Wildman–Crippen MR) is 121 cm³/mol. The fourth-order valence-electron chi connectivity index (χ4n) is 2.97. The van der Waals surface area contributed by atoms with Crippen molar-refractivity contribution < 1.29 is 14.3 Å². The maximum Gasteiger partial charge on any atom is 0.242 e. The topological polar surface area (TPSA) is 58.6 Å². The van der Waals surface area contributed by atoms with E-state index in [1.54, 1.807) is 37.1 Å². The number of hydrogen-bond donors (Lipinski definition) is 1. The lowest BCUT2D eigenvalue weighted by Crippen LogP contribution is -2.49. The average molecular weight is 451 g/mol. The zero-order chi connectivity index (χ0) is 22.3. The van der Waals surface area contributed by atoms with Gasteiger partial charge in [0.05, 0.1) is 13.5 Å². The van der Waals surface area contributed by atoms with Crippen LogP contribution in [-0.4, -0.2) is 35.9 Å². The highest BCUT2D eigenvalue weighted by Crippen LogP contribution is 2.26. The van der Waals surface area contributed by atoms with E-state index in [4.69, 9.17) is 27.9 Å². The lowest BCUT2D eigenvalue weighted by molar-refractivity contribution is -0.140. The number of halogens is 2. The van der Waals surface area contributed by atoms with Crippen LogP contribution in [0.2, 0.25) is 10.0 Å². The molecule has 0 saturated carbocycles. The Morgan fingerprint density at radius 1 is 1.10 bits per heavy atom. The Labute approximate surface area is 188 Å². The average Bonchev–Trinajstić information content (AvgIpc) is 2.74. The number of rotatable bonds is 9. The SMILES string of the molecule is CC[C@@H](C)NC(=O)[C@@H](C)N(Cc1cccc(OC)c1)C(=O)Cc1c(Cl)cccc1Cl. The van der Waals surface area contributed by atoms with E-state index in [-0.39, 0.29) is 30.8 Å². The Hall–Kier alpha value is -2.24. The summed E-state index contributed by atoms with van der Waals surface area (Å²) in [6.07, 6.45) is 0.806. The third kappa shape index (κ3) is 6.38. The van der Waals surface area contributed by atoms with Gasteiger partial charge in [-0.2, -0.15) is 0 Å². The van der Waals surface area contributed by atoms with Gasteiger partial charge < -0.3 is 15.0 Å². The molecule has 0 aliphatic heterocycles. The number of ether oxygens (including phenoxy) is 1. The van der Waals surface area contributed by atoms with Crippen LogP contribution in [0.3, 0.4) is 0 Å². The standard InChI is InChI=1S/C23H28Cl2N2O3/c1-5-15(2)26-23(29)16(3)27(14-17-8-6-9-18(12-17)30-4)22(28)13-19-20(24)10-7-11-21(19)25/h6-12,15-16H,5,13-14H2,1-4H3,(H,26,29)/t15-,16-/m1/s1. The van der Waals surface area contributed by atoms with Crippen molar-refractivity contribution in [2.24, 2.45) is 0 Å². The molecule has 5 nitrogen and oxygen atoms in total. The van der Waals surface area contributed by atoms with E-state index < -0.39 is 6.04 Å². The molecule has 2 amide bonds. The van der Waals surface area contributed by atoms with Crippen molar-refractivity contribution in [2.45, 2.75) is 52.2 Å². The highest BCUT2D eigenvalue weighted by atomic mass is 35.5. The second-order valence-electron chi connectivity index (χ2n) is 7.24. The number of carbonyl (C=O) groups excluding carboxylic acids is 2. The van der Waals surface area contributed by atoms with Gasteiger partial charge in [-0.3, -0.25) is 9.59 Å². The van der Waals surface area contributed by atoms with Gasteiger partial charge in [-0.15, -0.1) is 0 Å². The van der Waals surface area contributed by atoms with Gasteiger partial charge in [0.15, 0.2) is 0 Å². The first-order valence-electron chi connectivity index (χ1n) is 9.92. The minimum Gasteiger partial charge on any atom is -0.497 e. The van der Waals surface area contributed by atoms with Crippen LogP contribution in [0.15, 0.2) is 42.5 Å². The Morgan fingerprint density at radius 3 is 2.33 bits per heavy atom. The maximum atomic E-state index is 13.3. The molecule has 0 spiro atoms. The summed E-state index contributed by atoms with van der Waals surface area (Å²) in [5.41, 5.74) is 1.41. The van der Waals surface area contributed by atoms with Crippen molar-refractivity contribution in [3.63, 3.8) is 0 Å². The molecule has 7 heteroatoms. The van der Waals surface area contributed by atoms with E-state index in [9.17, 15) is 9.59 Å². The predicted octanol–water partition coefficient (Wildman–Crippen LogP) is 4.88. The fraction of sp³-hybridized carbons (Fsp3) is 0.391. The van der Waals surface area contributed by atoms with Gasteiger partial charge in [-0.25, -0.2) is 0 Å². The Kier molecular flexibility index (Phi) is 9.00. The summed E-state index contributed by atoms with van der Waals surface area (Å²) in [5.74, 6) is 0.247. The second kappa shape index (κ2) is 11.2. The highest BCUT2D eigenvalue weighted by molar-refractivity contribution is 6.36. The van der Waals surface area contributed by atoms with Crippen molar-refractivity contribution in [3.8, 4) is 5.75 Å². The lowest BCUT2D eigenvalue weighted by atomic mass is 10.1. The van der Waals surface area contributed by atoms with Gasteiger partial charge in [-0.1, -0.05) is 48.3 Å². The van der Waals surface area contributed by atoms with Crippen molar-refractivity contribution in [3.05, 3.63) is 63.6 Å². The molecule has 0 unspecified atom stereocenters. The second-order valence-corrected chi connectivity index (χ2v) is 8.06. The number of methoxy groups -OCH3 is 1. The third-order valence-corrected chi connectivity index (χ3v) is 5.75. The molecule has 0 bridgehead atoms. The van der Waals surface area contributed by atoms with Gasteiger partial charge in [0.1, 0.15) is 11.8 Å². The molecule has 2 aromatic rings. The first-order chi connectivity index (χ1) is 14.3. The van der Waals surface area contributed by atoms with E-state index in [1.165, 1.54) is 0 Å². The summed E-state index contributed by atoms with van der Waals surface area (Å²) >= 11 is 12.5. The lowest BCUT2D eigenvalue weighted by Gasteiger charge is -2.30. The summed E-state index contributed by atoms with van der Waals surface area (Å²) in [6.45, 7) is 5.91. The van der Waals surface area contributed by atoms with Crippen LogP contribution in [0.1, 0.15) is 38.3 Å². The van der Waals surface area contributed by atoms with E-state index >= 15 is 0 Å². The van der Waals surface area contributed by atoms with Crippen LogP contribution in [0, 0.1) is 0 Å². The number of benzene rings is 2. The molecule has 162 valence electrons. The summed E-state index contributed by atoms with van der Waals surface area (Å²) in [4.78, 5) is 27.6. The molecule has 0 saturated heterocycles. The number of amides is 2. The molecule has 0 fully saturated rings. The molecular weight excluding hydrogens is 423 g/mol. The highest BCUT2D eigenvalue weighted by Gasteiger charge is 2.27. The third-order valence-electron chi connectivity index (χ3n) is 5.05. The van der Waals surface area contributed by atoms with Crippen LogP contribution in [0.5, 0.6) is 5.75 Å². The smallest absolute Gasteiger partial charge is 0.242 e. The van der Waals surface area contributed by atoms with Gasteiger partial charge >= 0.3 is 0 Å². The first kappa shape index (κ1) is 24.0. The zero-order valence-electron chi connectivity index (χ0n) is 17.7. The molecule has 2 aromatic carbocycles. The van der Waals surface area contributed by atoms with Crippen LogP contribution in [-0.2, 0) is 22.6 Å². The van der Waals surface area contributed by atoms with E-state index in [2.05, 4.69) is 5.32 Å². The van der Waals surface area contributed by atoms with Gasteiger partial charge in [0.25, 0.3) is 0 Å². The van der Waals surface area contributed by atoms with Gasteiger partial charge in [0, 0.05) is 22.6 Å². The largest absolute Gasteiger partial charge is 0.497 e. The molecular formula is C23H28Cl2N2O3. The van der Waals surface area contributed by atoms with Gasteiger partial charge in [-0.05, 0) is 55.7 Å². The number of nitrogens with zero attached hydrogens (tertiary/aromatic N) is 1. The molecule has 0 radical (unpaired) electrons. The van der Waals surface area contributed by atoms with Crippen molar-refractivity contribution in [1.82, 2.24) is 10.2 Å². The Balaban J connectivity index is 2.31. The first-order valence-corrected chi connectivity index (χ1v) is 10.7. The molecule has 1 N–H and O–H groups in total. The fourth-order valence-corrected chi connectivity index (χ4v) is 3.50. The zero-order valence-corrected chi connectivity index (χ0v) is 19.3. The Morgan fingerprint density at radius 2 is 1.73 bits per heavy atom. The number of nitrogens with one attached hydrogen (secondary N) is 1. The molecule has 30 heavy (non-hydrogen) atoms. The summed E-state index contributed by atoms with van der Waals surface area (Å²) in [5, 5.41) is 3.80. The van der Waals surface area contributed by atoms with Crippen molar-refractivity contribution in [1.29, 1.82) is 0 Å². The molecule has 0 aliphatic rings. The monoisotopic (exact) mass is 450 g/mol. The maximum absolute atomic E-state index is 13.3. The minimum atomic E-state index is -0.668. The quantitative estimate of drug-likeness (QED) is 0.592. The van der Waals surface area contributed by atoms with E-state index in [1.807, 2.05) is 38.1 Å². The van der Waals surface area contributed by atoms with Gasteiger partial charge in [0.2, 0.25) is 11.8 Å². The Bertz CT molecular complexity index is 868. The molecule has 0 heterocycles. The molecule has 2 atom stereocenters. The summed E-state index contributed by atoms with van der Waals surface area (Å²) < 4.78 is 5.28. The van der Waals surface area contributed by atoms with Crippen molar-refractivity contribution >= 4 is 35.0 Å².